The van der Waals surface area contributed by atoms with E-state index in [9.17, 15) is 4.79 Å². The monoisotopic (exact) mass is 211 g/mol. The lowest BCUT2D eigenvalue weighted by atomic mass is 9.42. The van der Waals surface area contributed by atoms with Crippen LogP contribution in [0.1, 0.15) is 40.0 Å². The number of carboxylic acid groups (broad SMARTS) is 1. The van der Waals surface area contributed by atoms with E-state index in [-0.39, 0.29) is 17.6 Å². The largest absolute Gasteiger partial charge is 0.480 e. The van der Waals surface area contributed by atoms with Crippen molar-refractivity contribution in [2.75, 3.05) is 6.61 Å². The van der Waals surface area contributed by atoms with E-state index >= 15 is 0 Å². The number of fused-ring (bicyclic) bond motifs is 2. The average Bonchev–Trinajstić information content (AvgIpc) is 2.15. The number of carbonyl (C=O) groups is 1. The summed E-state index contributed by atoms with van der Waals surface area (Å²) in [7, 11) is 0. The molecule has 3 rings (SSSR count). The molecule has 0 heterocycles. The Hall–Kier alpha value is -0.570. The molecule has 3 fully saturated rings. The molecule has 2 bridgehead atoms. The smallest absolute Gasteiger partial charge is 0.329 e. The summed E-state index contributed by atoms with van der Waals surface area (Å²) in [5.74, 6) is 1.16. The summed E-state index contributed by atoms with van der Waals surface area (Å²) >= 11 is 0. The van der Waals surface area contributed by atoms with E-state index in [1.165, 1.54) is 12.3 Å². The van der Waals surface area contributed by atoms with E-state index in [4.69, 9.17) is 9.84 Å². The first-order chi connectivity index (χ1) is 6.90. The van der Waals surface area contributed by atoms with Crippen LogP contribution < -0.4 is 0 Å². The molecule has 0 saturated heterocycles. The molecule has 1 N–H and O–H groups in total. The van der Waals surface area contributed by atoms with E-state index < -0.39 is 5.97 Å². The van der Waals surface area contributed by atoms with Gasteiger partial charge in [0.25, 0.3) is 0 Å². The van der Waals surface area contributed by atoms with Crippen LogP contribution in [-0.2, 0) is 9.53 Å². The van der Waals surface area contributed by atoms with Gasteiger partial charge in [-0.1, -0.05) is 20.3 Å². The summed E-state index contributed by atoms with van der Waals surface area (Å²) in [5, 5.41) is 8.70. The fraction of sp³-hybridized carbons (Fsp3) is 0.833. The highest BCUT2D eigenvalue weighted by Crippen LogP contribution is 2.66. The highest BCUT2D eigenvalue weighted by Gasteiger charge is 2.58. The van der Waals surface area contributed by atoms with Crippen molar-refractivity contribution in [2.45, 2.75) is 45.6 Å². The molecule has 3 nitrogen and oxygen atoms in total. The normalized spacial score (nSPS) is 38.5. The van der Waals surface area contributed by atoms with Gasteiger partial charge in [0, 0.05) is 0 Å². The third-order valence-corrected chi connectivity index (χ3v) is 4.59. The summed E-state index contributed by atoms with van der Waals surface area (Å²) in [6.07, 6.45) is 3.34. The SMILES string of the molecule is C[C-]1CCC2CC1(OCC(=O)O)C2(C)C. The molecular formula is C12H19O3-. The molecule has 3 aliphatic rings. The first-order valence-electron chi connectivity index (χ1n) is 5.59. The number of carboxylic acids is 1. The summed E-state index contributed by atoms with van der Waals surface area (Å²) < 4.78 is 5.69. The topological polar surface area (TPSA) is 46.5 Å². The van der Waals surface area contributed by atoms with Gasteiger partial charge in [-0.25, -0.2) is 4.79 Å². The number of ether oxygens (including phenoxy) is 1. The molecule has 0 aromatic carbocycles. The Morgan fingerprint density at radius 3 is 2.73 bits per heavy atom. The Morgan fingerprint density at radius 2 is 2.27 bits per heavy atom. The van der Waals surface area contributed by atoms with Crippen LogP contribution in [0.25, 0.3) is 0 Å². The Balaban J connectivity index is 2.13. The van der Waals surface area contributed by atoms with E-state index in [1.54, 1.807) is 0 Å². The van der Waals surface area contributed by atoms with Gasteiger partial charge in [0.15, 0.2) is 0 Å². The maximum absolute atomic E-state index is 10.6. The fourth-order valence-electron chi connectivity index (χ4n) is 3.40. The number of rotatable bonds is 3. The van der Waals surface area contributed by atoms with Crippen molar-refractivity contribution >= 4 is 5.97 Å². The first kappa shape index (κ1) is 10.9. The molecule has 2 atom stereocenters. The van der Waals surface area contributed by atoms with Crippen molar-refractivity contribution < 1.29 is 14.6 Å². The third kappa shape index (κ3) is 1.32. The zero-order valence-electron chi connectivity index (χ0n) is 9.67. The van der Waals surface area contributed by atoms with Crippen LogP contribution in [0.15, 0.2) is 0 Å². The third-order valence-electron chi connectivity index (χ3n) is 4.59. The summed E-state index contributed by atoms with van der Waals surface area (Å²) in [4.78, 5) is 10.6. The van der Waals surface area contributed by atoms with Crippen molar-refractivity contribution in [1.29, 1.82) is 0 Å². The van der Waals surface area contributed by atoms with Crippen molar-refractivity contribution in [2.24, 2.45) is 11.3 Å². The molecule has 0 aromatic rings. The fourth-order valence-corrected chi connectivity index (χ4v) is 3.40. The highest BCUT2D eigenvalue weighted by molar-refractivity contribution is 5.68. The minimum atomic E-state index is -0.873. The van der Waals surface area contributed by atoms with E-state index in [2.05, 4.69) is 20.8 Å². The molecule has 2 unspecified atom stereocenters. The van der Waals surface area contributed by atoms with E-state index in [1.807, 2.05) is 0 Å². The zero-order valence-corrected chi connectivity index (χ0v) is 9.67. The van der Waals surface area contributed by atoms with Crippen molar-refractivity contribution in [3.8, 4) is 0 Å². The quantitative estimate of drug-likeness (QED) is 0.728. The molecule has 3 aliphatic carbocycles. The molecule has 0 aliphatic heterocycles. The standard InChI is InChI=1S/C12H19O3/c1-8-4-5-9-6-12(8,11(9,2)3)15-7-10(13)14/h9H,4-7H2,1-3H3,(H,13,14)/q-1. The number of aliphatic carboxylic acids is 1. The molecule has 3 saturated carbocycles. The molecule has 0 radical (unpaired) electrons. The second kappa shape index (κ2) is 3.21. The van der Waals surface area contributed by atoms with Crippen LogP contribution in [-0.4, -0.2) is 23.3 Å². The zero-order chi connectivity index (χ0) is 11.3. The summed E-state index contributed by atoms with van der Waals surface area (Å²) in [6.45, 7) is 6.34. The minimum Gasteiger partial charge on any atom is -0.480 e. The minimum absolute atomic E-state index is 0.116. The van der Waals surface area contributed by atoms with Crippen LogP contribution in [0.4, 0.5) is 0 Å². The van der Waals surface area contributed by atoms with Crippen molar-refractivity contribution in [3.05, 3.63) is 5.92 Å². The van der Waals surface area contributed by atoms with Gasteiger partial charge < -0.3 is 9.84 Å². The summed E-state index contributed by atoms with van der Waals surface area (Å²) in [5.41, 5.74) is -0.140. The second-order valence-electron chi connectivity index (χ2n) is 5.45. The van der Waals surface area contributed by atoms with E-state index in [0.717, 1.165) is 12.8 Å². The maximum atomic E-state index is 10.6. The predicted octanol–water partition coefficient (Wildman–Crippen LogP) is 2.26. The summed E-state index contributed by atoms with van der Waals surface area (Å²) in [6, 6.07) is 0. The van der Waals surface area contributed by atoms with Crippen LogP contribution in [0.3, 0.4) is 0 Å². The Labute approximate surface area is 90.8 Å². The van der Waals surface area contributed by atoms with Crippen molar-refractivity contribution in [1.82, 2.24) is 0 Å². The van der Waals surface area contributed by atoms with Crippen LogP contribution in [0.2, 0.25) is 0 Å². The van der Waals surface area contributed by atoms with Gasteiger partial charge in [0.2, 0.25) is 0 Å². The Morgan fingerprint density at radius 1 is 1.60 bits per heavy atom. The Bertz CT molecular complexity index is 285. The van der Waals surface area contributed by atoms with Gasteiger partial charge in [-0.15, -0.1) is 0 Å². The van der Waals surface area contributed by atoms with Crippen LogP contribution >= 0.6 is 0 Å². The Kier molecular flexibility index (Phi) is 2.34. The highest BCUT2D eigenvalue weighted by atomic mass is 16.5. The van der Waals surface area contributed by atoms with Gasteiger partial charge in [0.05, 0.1) is 0 Å². The predicted molar refractivity (Wildman–Crippen MR) is 56.4 cm³/mol. The average molecular weight is 211 g/mol. The lowest BCUT2D eigenvalue weighted by molar-refractivity contribution is -0.237. The van der Waals surface area contributed by atoms with Gasteiger partial charge in [0.1, 0.15) is 6.61 Å². The maximum Gasteiger partial charge on any atom is 0.329 e. The number of hydrogen-bond acceptors (Lipinski definition) is 2. The first-order valence-corrected chi connectivity index (χ1v) is 5.59. The lowest BCUT2D eigenvalue weighted by Gasteiger charge is -2.75. The molecule has 15 heavy (non-hydrogen) atoms. The molecule has 86 valence electrons. The second-order valence-corrected chi connectivity index (χ2v) is 5.45. The molecule has 0 spiro atoms. The van der Waals surface area contributed by atoms with E-state index in [0.29, 0.717) is 5.92 Å². The van der Waals surface area contributed by atoms with Gasteiger partial charge in [-0.3, -0.25) is 5.92 Å². The molecule has 0 amide bonds. The van der Waals surface area contributed by atoms with Crippen LogP contribution in [0, 0.1) is 17.3 Å². The van der Waals surface area contributed by atoms with Crippen LogP contribution in [0.5, 0.6) is 0 Å². The van der Waals surface area contributed by atoms with Gasteiger partial charge in [-0.05, 0) is 23.4 Å². The molecule has 3 heteroatoms. The number of hydrogen-bond donors (Lipinski definition) is 1. The van der Waals surface area contributed by atoms with Crippen molar-refractivity contribution in [3.63, 3.8) is 0 Å². The lowest BCUT2D eigenvalue weighted by Crippen LogP contribution is -2.67. The molecular weight excluding hydrogens is 192 g/mol. The van der Waals surface area contributed by atoms with Gasteiger partial charge in [-0.2, -0.15) is 13.3 Å². The van der Waals surface area contributed by atoms with Gasteiger partial charge >= 0.3 is 5.97 Å². The molecule has 0 aromatic heterocycles.